The van der Waals surface area contributed by atoms with Crippen LogP contribution < -0.4 is 10.2 Å². The molecule has 2 aliphatic heterocycles. The summed E-state index contributed by atoms with van der Waals surface area (Å²) in [7, 11) is 1.79. The zero-order chi connectivity index (χ0) is 27.5. The average Bonchev–Trinajstić information content (AvgIpc) is 3.16. The van der Waals surface area contributed by atoms with E-state index in [0.717, 1.165) is 27.9 Å². The summed E-state index contributed by atoms with van der Waals surface area (Å²) in [4.78, 5) is 39.7. The molecule has 0 saturated carbocycles. The molecule has 0 radical (unpaired) electrons. The smallest absolute Gasteiger partial charge is 0.408 e. The van der Waals surface area contributed by atoms with Crippen molar-refractivity contribution in [2.45, 2.75) is 64.0 Å². The van der Waals surface area contributed by atoms with Crippen LogP contribution in [-0.2, 0) is 31.9 Å². The fourth-order valence-electron chi connectivity index (χ4n) is 5.01. The topological polar surface area (TPSA) is 109 Å². The lowest BCUT2D eigenvalue weighted by Crippen LogP contribution is -2.58. The number of fused-ring (bicyclic) bond motifs is 1. The number of anilines is 1. The molecule has 2 amide bonds. The summed E-state index contributed by atoms with van der Waals surface area (Å²) < 4.78 is 10.8. The quantitative estimate of drug-likeness (QED) is 0.576. The maximum Gasteiger partial charge on any atom is 0.408 e. The number of alkyl carbamates (subject to hydrolysis) is 1. The maximum atomic E-state index is 13.5. The van der Waals surface area contributed by atoms with Gasteiger partial charge in [0, 0.05) is 45.2 Å². The molecule has 1 saturated heterocycles. The molecule has 0 aromatic heterocycles. The molecule has 0 spiro atoms. The molecule has 2 aromatic rings. The van der Waals surface area contributed by atoms with Crippen LogP contribution >= 0.6 is 0 Å². The van der Waals surface area contributed by atoms with Crippen molar-refractivity contribution in [2.24, 2.45) is 5.92 Å². The fourth-order valence-corrected chi connectivity index (χ4v) is 5.01. The number of likely N-dealkylation sites (N-methyl/N-ethyl adjacent to an activating group) is 1. The minimum Gasteiger partial charge on any atom is -0.444 e. The lowest BCUT2D eigenvalue weighted by molar-refractivity contribution is -0.130. The number of nitrogens with zero attached hydrogens (tertiary/aromatic N) is 2. The highest BCUT2D eigenvalue weighted by molar-refractivity contribution is 6.01. The van der Waals surface area contributed by atoms with Crippen molar-refractivity contribution in [3.63, 3.8) is 0 Å². The highest BCUT2D eigenvalue weighted by Gasteiger charge is 2.42. The number of hydrogen-bond donors (Lipinski definition) is 1. The van der Waals surface area contributed by atoms with Crippen molar-refractivity contribution >= 4 is 23.5 Å². The molecular weight excluding hydrogens is 482 g/mol. The number of hydrogen-bond acceptors (Lipinski definition) is 6. The molecule has 2 heterocycles. The molecule has 0 aliphatic carbocycles. The van der Waals surface area contributed by atoms with Crippen molar-refractivity contribution in [3.8, 4) is 17.2 Å². The van der Waals surface area contributed by atoms with Crippen molar-refractivity contribution in [1.82, 2.24) is 5.32 Å². The van der Waals surface area contributed by atoms with Gasteiger partial charge in [-0.05, 0) is 55.5 Å². The first kappa shape index (κ1) is 27.3. The maximum absolute atomic E-state index is 13.5. The molecule has 1 atom stereocenters. The van der Waals surface area contributed by atoms with Gasteiger partial charge in [0.1, 0.15) is 11.1 Å². The van der Waals surface area contributed by atoms with Crippen LogP contribution in [0.4, 0.5) is 10.5 Å². The molecular formula is C30H35N3O5. The van der Waals surface area contributed by atoms with Gasteiger partial charge in [-0.2, -0.15) is 5.26 Å². The number of carbonyl (C=O) groups excluding carboxylic acids is 3. The number of nitrogens with one attached hydrogen (secondary N) is 1. The van der Waals surface area contributed by atoms with Crippen molar-refractivity contribution in [3.05, 3.63) is 53.6 Å². The van der Waals surface area contributed by atoms with Crippen LogP contribution in [0.15, 0.2) is 42.5 Å². The van der Waals surface area contributed by atoms with Gasteiger partial charge in [-0.25, -0.2) is 4.79 Å². The van der Waals surface area contributed by atoms with E-state index in [1.165, 1.54) is 0 Å². The van der Waals surface area contributed by atoms with Gasteiger partial charge in [0.2, 0.25) is 5.91 Å². The summed E-state index contributed by atoms with van der Waals surface area (Å²) in [5.41, 5.74) is 3.15. The van der Waals surface area contributed by atoms with Crippen LogP contribution in [0.25, 0.3) is 11.1 Å². The Kier molecular flexibility index (Phi) is 7.89. The van der Waals surface area contributed by atoms with Gasteiger partial charge in [0.25, 0.3) is 0 Å². The molecule has 200 valence electrons. The fraction of sp³-hybridized carbons (Fsp3) is 0.467. The van der Waals surface area contributed by atoms with E-state index < -0.39 is 23.2 Å². The first-order valence-corrected chi connectivity index (χ1v) is 13.0. The number of ether oxygens (including phenoxy) is 2. The Morgan fingerprint density at radius 3 is 2.42 bits per heavy atom. The van der Waals surface area contributed by atoms with E-state index in [9.17, 15) is 19.6 Å². The lowest BCUT2D eigenvalue weighted by Gasteiger charge is -2.37. The summed E-state index contributed by atoms with van der Waals surface area (Å²) in [6.45, 7) is 6.02. The van der Waals surface area contributed by atoms with Crippen molar-refractivity contribution in [1.29, 1.82) is 5.26 Å². The standard InChI is InChI=1S/C30H35N3O5/c1-29(2,3)38-28(36)32-30(11-13-37-14-12-30)26(34)16-21(19-31)15-20-5-7-22(8-6-20)23-9-10-24-18-27(35)33(4)25(24)17-23/h5-10,17,21H,11-16,18H2,1-4H3,(H,32,36)/t21-/m1/s1. The van der Waals surface area contributed by atoms with E-state index >= 15 is 0 Å². The first-order valence-electron chi connectivity index (χ1n) is 13.0. The number of carbonyl (C=O) groups is 3. The predicted molar refractivity (Wildman–Crippen MR) is 144 cm³/mol. The Bertz CT molecular complexity index is 1250. The Morgan fingerprint density at radius 2 is 1.79 bits per heavy atom. The van der Waals surface area contributed by atoms with Crippen LogP contribution in [0, 0.1) is 17.2 Å². The second-order valence-corrected chi connectivity index (χ2v) is 11.1. The average molecular weight is 518 g/mol. The van der Waals surface area contributed by atoms with Gasteiger partial charge in [-0.1, -0.05) is 36.4 Å². The summed E-state index contributed by atoms with van der Waals surface area (Å²) in [6, 6.07) is 16.2. The number of nitriles is 1. The van der Waals surface area contributed by atoms with Gasteiger partial charge in [-0.3, -0.25) is 9.59 Å². The third-order valence-electron chi connectivity index (χ3n) is 7.17. The molecule has 0 bridgehead atoms. The normalized spacial score (nSPS) is 17.3. The Hall–Kier alpha value is -3.70. The highest BCUT2D eigenvalue weighted by Crippen LogP contribution is 2.33. The van der Waals surface area contributed by atoms with Gasteiger partial charge in [0.05, 0.1) is 18.4 Å². The van der Waals surface area contributed by atoms with E-state index in [4.69, 9.17) is 9.47 Å². The zero-order valence-corrected chi connectivity index (χ0v) is 22.5. The molecule has 4 rings (SSSR count). The summed E-state index contributed by atoms with van der Waals surface area (Å²) in [5.74, 6) is -0.617. The third kappa shape index (κ3) is 6.22. The Balaban J connectivity index is 1.43. The number of benzene rings is 2. The zero-order valence-electron chi connectivity index (χ0n) is 22.5. The molecule has 2 aromatic carbocycles. The van der Waals surface area contributed by atoms with E-state index in [1.807, 2.05) is 42.5 Å². The van der Waals surface area contributed by atoms with E-state index in [2.05, 4.69) is 11.4 Å². The SMILES string of the molecule is CN1C(=O)Cc2ccc(-c3ccc(C[C@@H](C#N)CC(=O)C4(NC(=O)OC(C)(C)C)CCOCC4)cc3)cc21. The second-order valence-electron chi connectivity index (χ2n) is 11.1. The van der Waals surface area contributed by atoms with Crippen LogP contribution in [0.5, 0.6) is 0 Å². The molecule has 8 heteroatoms. The van der Waals surface area contributed by atoms with Crippen molar-refractivity contribution in [2.75, 3.05) is 25.2 Å². The van der Waals surface area contributed by atoms with Crippen LogP contribution in [0.1, 0.15) is 51.2 Å². The number of ketones is 1. The molecule has 38 heavy (non-hydrogen) atoms. The summed E-state index contributed by atoms with van der Waals surface area (Å²) >= 11 is 0. The van der Waals surface area contributed by atoms with E-state index in [0.29, 0.717) is 38.9 Å². The largest absolute Gasteiger partial charge is 0.444 e. The summed E-state index contributed by atoms with van der Waals surface area (Å²) in [5, 5.41) is 12.7. The second kappa shape index (κ2) is 11.0. The van der Waals surface area contributed by atoms with Gasteiger partial charge < -0.3 is 19.7 Å². The van der Waals surface area contributed by atoms with Crippen LogP contribution in [0.2, 0.25) is 0 Å². The Labute approximate surface area is 223 Å². The van der Waals surface area contributed by atoms with E-state index in [-0.39, 0.29) is 18.1 Å². The number of Topliss-reactive ketones (excluding diaryl/α,β-unsaturated/α-hetero) is 1. The monoisotopic (exact) mass is 517 g/mol. The van der Waals surface area contributed by atoms with Crippen LogP contribution in [0.3, 0.4) is 0 Å². The minimum atomic E-state index is -1.10. The predicted octanol–water partition coefficient (Wildman–Crippen LogP) is 4.59. The first-order chi connectivity index (χ1) is 18.0. The van der Waals surface area contributed by atoms with Gasteiger partial charge in [0.15, 0.2) is 5.78 Å². The number of rotatable bonds is 7. The summed E-state index contributed by atoms with van der Waals surface area (Å²) in [6.07, 6.45) is 0.932. The van der Waals surface area contributed by atoms with Crippen molar-refractivity contribution < 1.29 is 23.9 Å². The molecule has 1 fully saturated rings. The van der Waals surface area contributed by atoms with E-state index in [1.54, 1.807) is 32.7 Å². The van der Waals surface area contributed by atoms with Gasteiger partial charge in [-0.15, -0.1) is 0 Å². The van der Waals surface area contributed by atoms with Crippen LogP contribution in [-0.4, -0.2) is 49.2 Å². The third-order valence-corrected chi connectivity index (χ3v) is 7.17. The molecule has 2 aliphatic rings. The molecule has 1 N–H and O–H groups in total. The highest BCUT2D eigenvalue weighted by atomic mass is 16.6. The molecule has 0 unspecified atom stereocenters. The lowest BCUT2D eigenvalue weighted by atomic mass is 9.80. The number of amides is 2. The Morgan fingerprint density at radius 1 is 1.13 bits per heavy atom. The minimum absolute atomic E-state index is 0.0270. The van der Waals surface area contributed by atoms with Gasteiger partial charge >= 0.3 is 6.09 Å². The molecule has 8 nitrogen and oxygen atoms in total.